The number of hydrazine groups is 1. The summed E-state index contributed by atoms with van der Waals surface area (Å²) in [6.45, 7) is 4.06. The molecule has 0 saturated heterocycles. The topological polar surface area (TPSA) is 50.9 Å². The molecule has 0 radical (unpaired) electrons. The highest BCUT2D eigenvalue weighted by atomic mass is 19.1. The maximum atomic E-state index is 12.9. The van der Waals surface area contributed by atoms with Gasteiger partial charge in [0.1, 0.15) is 5.82 Å². The lowest BCUT2D eigenvalue weighted by Gasteiger charge is -2.17. The van der Waals surface area contributed by atoms with Crippen LogP contribution >= 0.6 is 0 Å². The highest BCUT2D eigenvalue weighted by Crippen LogP contribution is 2.22. The molecule has 2 aromatic rings. The molecule has 94 valence electrons. The van der Waals surface area contributed by atoms with Crippen molar-refractivity contribution in [3.05, 3.63) is 64.7 Å². The van der Waals surface area contributed by atoms with Crippen molar-refractivity contribution < 1.29 is 4.39 Å². The van der Waals surface area contributed by atoms with Crippen molar-refractivity contribution in [2.75, 3.05) is 0 Å². The van der Waals surface area contributed by atoms with Gasteiger partial charge in [-0.15, -0.1) is 0 Å². The van der Waals surface area contributed by atoms with E-state index < -0.39 is 0 Å². The van der Waals surface area contributed by atoms with Crippen LogP contribution in [0.25, 0.3) is 0 Å². The van der Waals surface area contributed by atoms with E-state index in [1.54, 1.807) is 6.07 Å². The minimum absolute atomic E-state index is 0.232. The zero-order valence-corrected chi connectivity index (χ0v) is 10.4. The number of aromatic nitrogens is 1. The van der Waals surface area contributed by atoms with Crippen molar-refractivity contribution in [1.82, 2.24) is 10.4 Å². The summed E-state index contributed by atoms with van der Waals surface area (Å²) >= 11 is 0. The lowest BCUT2D eigenvalue weighted by molar-refractivity contribution is 0.596. The summed E-state index contributed by atoms with van der Waals surface area (Å²) in [5.41, 5.74) is 6.76. The monoisotopic (exact) mass is 245 g/mol. The molecule has 0 amide bonds. The average molecular weight is 245 g/mol. The van der Waals surface area contributed by atoms with Gasteiger partial charge in [0, 0.05) is 0 Å². The smallest absolute Gasteiger partial charge is 0.141 e. The van der Waals surface area contributed by atoms with Crippen molar-refractivity contribution in [1.29, 1.82) is 0 Å². The molecule has 2 rings (SSSR count). The van der Waals surface area contributed by atoms with Crippen LogP contribution in [-0.2, 0) is 0 Å². The van der Waals surface area contributed by atoms with Gasteiger partial charge in [-0.3, -0.25) is 10.8 Å². The molecule has 0 saturated carbocycles. The Labute approximate surface area is 106 Å². The minimum atomic E-state index is -0.352. The molecule has 1 heterocycles. The van der Waals surface area contributed by atoms with E-state index in [-0.39, 0.29) is 11.9 Å². The third kappa shape index (κ3) is 2.72. The van der Waals surface area contributed by atoms with E-state index in [4.69, 9.17) is 5.84 Å². The predicted molar refractivity (Wildman–Crippen MR) is 69.3 cm³/mol. The van der Waals surface area contributed by atoms with Crippen LogP contribution in [0.3, 0.4) is 0 Å². The third-order valence-corrected chi connectivity index (χ3v) is 2.79. The van der Waals surface area contributed by atoms with Crippen molar-refractivity contribution in [2.24, 2.45) is 5.84 Å². The molecular weight excluding hydrogens is 229 g/mol. The zero-order valence-electron chi connectivity index (χ0n) is 10.4. The van der Waals surface area contributed by atoms with E-state index in [9.17, 15) is 4.39 Å². The molecule has 0 aliphatic carbocycles. The van der Waals surface area contributed by atoms with Crippen molar-refractivity contribution in [2.45, 2.75) is 19.9 Å². The number of nitrogens with one attached hydrogen (secondary N) is 1. The molecule has 0 spiro atoms. The lowest BCUT2D eigenvalue weighted by Crippen LogP contribution is -2.29. The summed E-state index contributed by atoms with van der Waals surface area (Å²) in [5.74, 6) is 5.24. The van der Waals surface area contributed by atoms with E-state index >= 15 is 0 Å². The fourth-order valence-corrected chi connectivity index (χ4v) is 2.09. The van der Waals surface area contributed by atoms with E-state index in [0.29, 0.717) is 5.69 Å². The summed E-state index contributed by atoms with van der Waals surface area (Å²) < 4.78 is 12.9. The van der Waals surface area contributed by atoms with Crippen LogP contribution in [0.1, 0.15) is 28.4 Å². The maximum absolute atomic E-state index is 12.9. The molecule has 0 aliphatic heterocycles. The van der Waals surface area contributed by atoms with Gasteiger partial charge < -0.3 is 0 Å². The Kier molecular flexibility index (Phi) is 3.69. The minimum Gasteiger partial charge on any atom is -0.271 e. The van der Waals surface area contributed by atoms with Crippen LogP contribution in [-0.4, -0.2) is 4.98 Å². The first-order valence-electron chi connectivity index (χ1n) is 5.76. The summed E-state index contributed by atoms with van der Waals surface area (Å²) in [4.78, 5) is 4.07. The maximum Gasteiger partial charge on any atom is 0.141 e. The van der Waals surface area contributed by atoms with Gasteiger partial charge in [-0.25, -0.2) is 9.82 Å². The number of nitrogens with zero attached hydrogens (tertiary/aromatic N) is 1. The van der Waals surface area contributed by atoms with Crippen LogP contribution in [0, 0.1) is 19.7 Å². The van der Waals surface area contributed by atoms with Gasteiger partial charge in [0.2, 0.25) is 0 Å². The first-order chi connectivity index (χ1) is 8.60. The number of halogens is 1. The van der Waals surface area contributed by atoms with E-state index in [2.05, 4.69) is 16.5 Å². The largest absolute Gasteiger partial charge is 0.271 e. The third-order valence-electron chi connectivity index (χ3n) is 2.79. The van der Waals surface area contributed by atoms with Crippen LogP contribution in [0.15, 0.2) is 36.5 Å². The molecule has 3 nitrogen and oxygen atoms in total. The normalized spacial score (nSPS) is 12.4. The zero-order chi connectivity index (χ0) is 13.1. The Balaban J connectivity index is 2.41. The molecule has 1 atom stereocenters. The molecule has 0 fully saturated rings. The number of benzene rings is 1. The van der Waals surface area contributed by atoms with Gasteiger partial charge in [-0.05, 0) is 31.5 Å². The second-order valence-corrected chi connectivity index (χ2v) is 4.42. The van der Waals surface area contributed by atoms with E-state index in [1.165, 1.54) is 12.3 Å². The molecule has 0 bridgehead atoms. The Bertz CT molecular complexity index is 517. The predicted octanol–water partition coefficient (Wildman–Crippen LogP) is 2.39. The second kappa shape index (κ2) is 5.25. The standard InChI is InChI=1S/C14H16FN3/c1-9-5-10(2)7-11(6-9)14(18-16)13-4-3-12(15)8-17-13/h3-8,14,18H,16H2,1-2H3. The van der Waals surface area contributed by atoms with Gasteiger partial charge >= 0.3 is 0 Å². The molecule has 1 aromatic carbocycles. The molecular formula is C14H16FN3. The second-order valence-electron chi connectivity index (χ2n) is 4.42. The first-order valence-corrected chi connectivity index (χ1v) is 5.76. The van der Waals surface area contributed by atoms with Crippen LogP contribution in [0.5, 0.6) is 0 Å². The number of rotatable bonds is 3. The number of aryl methyl sites for hydroxylation is 2. The molecule has 1 unspecified atom stereocenters. The highest BCUT2D eigenvalue weighted by molar-refractivity contribution is 5.34. The number of hydrogen-bond donors (Lipinski definition) is 2. The quantitative estimate of drug-likeness (QED) is 0.645. The first kappa shape index (κ1) is 12.7. The molecule has 3 N–H and O–H groups in total. The highest BCUT2D eigenvalue weighted by Gasteiger charge is 2.14. The van der Waals surface area contributed by atoms with Gasteiger partial charge in [-0.2, -0.15) is 0 Å². The Hall–Kier alpha value is -1.78. The van der Waals surface area contributed by atoms with Gasteiger partial charge in [0.25, 0.3) is 0 Å². The van der Waals surface area contributed by atoms with Gasteiger partial charge in [0.15, 0.2) is 0 Å². The molecule has 1 aromatic heterocycles. The number of pyridine rings is 1. The van der Waals surface area contributed by atoms with Gasteiger partial charge in [0.05, 0.1) is 17.9 Å². The van der Waals surface area contributed by atoms with Gasteiger partial charge in [-0.1, -0.05) is 29.3 Å². The summed E-state index contributed by atoms with van der Waals surface area (Å²) in [6.07, 6.45) is 1.20. The number of nitrogens with two attached hydrogens (primary N) is 1. The summed E-state index contributed by atoms with van der Waals surface area (Å²) in [7, 11) is 0. The fourth-order valence-electron chi connectivity index (χ4n) is 2.09. The van der Waals surface area contributed by atoms with Crippen LogP contribution in [0.4, 0.5) is 4.39 Å². The fraction of sp³-hybridized carbons (Fsp3) is 0.214. The lowest BCUT2D eigenvalue weighted by atomic mass is 9.99. The van der Waals surface area contributed by atoms with Crippen molar-refractivity contribution in [3.8, 4) is 0 Å². The molecule has 18 heavy (non-hydrogen) atoms. The van der Waals surface area contributed by atoms with Crippen molar-refractivity contribution >= 4 is 0 Å². The SMILES string of the molecule is Cc1cc(C)cc(C(NN)c2ccc(F)cn2)c1. The average Bonchev–Trinajstić information content (AvgIpc) is 2.31. The van der Waals surface area contributed by atoms with Crippen molar-refractivity contribution in [3.63, 3.8) is 0 Å². The molecule has 0 aliphatic rings. The number of hydrogen-bond acceptors (Lipinski definition) is 3. The molecule has 4 heteroatoms. The Morgan fingerprint density at radius 1 is 1.17 bits per heavy atom. The van der Waals surface area contributed by atoms with E-state index in [0.717, 1.165) is 16.7 Å². The Morgan fingerprint density at radius 3 is 2.33 bits per heavy atom. The summed E-state index contributed by atoms with van der Waals surface area (Å²) in [6, 6.07) is 8.97. The summed E-state index contributed by atoms with van der Waals surface area (Å²) in [5, 5.41) is 0. The Morgan fingerprint density at radius 2 is 1.83 bits per heavy atom. The van der Waals surface area contributed by atoms with Crippen LogP contribution < -0.4 is 11.3 Å². The van der Waals surface area contributed by atoms with E-state index in [1.807, 2.05) is 26.0 Å². The van der Waals surface area contributed by atoms with Crippen LogP contribution in [0.2, 0.25) is 0 Å².